The Morgan fingerprint density at radius 1 is 1.38 bits per heavy atom. The van der Waals surface area contributed by atoms with Crippen molar-refractivity contribution >= 4 is 23.3 Å². The highest BCUT2D eigenvalue weighted by Crippen LogP contribution is 2.43. The van der Waals surface area contributed by atoms with Gasteiger partial charge in [-0.1, -0.05) is 0 Å². The van der Waals surface area contributed by atoms with Crippen LogP contribution in [0.5, 0.6) is 0 Å². The van der Waals surface area contributed by atoms with Crippen LogP contribution in [0.2, 0.25) is 0 Å². The lowest BCUT2D eigenvalue weighted by Crippen LogP contribution is -2.37. The molecule has 7 heteroatoms. The molecule has 1 spiro atoms. The number of pyridine rings is 1. The third-order valence-corrected chi connectivity index (χ3v) is 5.82. The van der Waals surface area contributed by atoms with Crippen LogP contribution in [0.1, 0.15) is 59.5 Å². The molecule has 1 saturated heterocycles. The largest absolute Gasteiger partial charge is 0.478 e. The Balaban J connectivity index is 1.70. The van der Waals surface area contributed by atoms with E-state index in [4.69, 9.17) is 9.47 Å². The second kappa shape index (κ2) is 6.48. The molecule has 26 heavy (non-hydrogen) atoms. The van der Waals surface area contributed by atoms with E-state index in [2.05, 4.69) is 4.98 Å². The molecule has 2 aliphatic rings. The SMILES string of the molecule is CC(C1CCC2(CC1)OCCO2)n1c(C=O)c(C(=O)O)c2cccnc21. The lowest BCUT2D eigenvalue weighted by atomic mass is 9.81. The Hall–Kier alpha value is -2.25. The second-order valence-corrected chi connectivity index (χ2v) is 7.11. The number of carboxylic acids is 1. The van der Waals surface area contributed by atoms with Crippen LogP contribution in [0.3, 0.4) is 0 Å². The summed E-state index contributed by atoms with van der Waals surface area (Å²) in [6.07, 6.45) is 5.69. The molecule has 3 heterocycles. The maximum absolute atomic E-state index is 11.8. The third-order valence-electron chi connectivity index (χ3n) is 5.82. The topological polar surface area (TPSA) is 90.7 Å². The van der Waals surface area contributed by atoms with Crippen molar-refractivity contribution in [1.82, 2.24) is 9.55 Å². The number of rotatable bonds is 4. The minimum Gasteiger partial charge on any atom is -0.478 e. The smallest absolute Gasteiger partial charge is 0.338 e. The number of ether oxygens (including phenoxy) is 2. The van der Waals surface area contributed by atoms with Crippen molar-refractivity contribution < 1.29 is 24.2 Å². The van der Waals surface area contributed by atoms with E-state index in [0.717, 1.165) is 25.7 Å². The molecular formula is C19H22N2O5. The molecule has 1 unspecified atom stereocenters. The first-order valence-corrected chi connectivity index (χ1v) is 9.01. The predicted molar refractivity (Wildman–Crippen MR) is 93.4 cm³/mol. The number of hydrogen-bond donors (Lipinski definition) is 1. The fraction of sp³-hybridized carbons (Fsp3) is 0.526. The van der Waals surface area contributed by atoms with E-state index in [0.29, 0.717) is 36.5 Å². The molecule has 1 aliphatic heterocycles. The monoisotopic (exact) mass is 358 g/mol. The van der Waals surface area contributed by atoms with E-state index in [1.165, 1.54) is 0 Å². The van der Waals surface area contributed by atoms with Crippen molar-refractivity contribution in [3.8, 4) is 0 Å². The predicted octanol–water partition coefficient (Wildman–Crippen LogP) is 3.04. The van der Waals surface area contributed by atoms with Gasteiger partial charge in [0, 0.05) is 30.5 Å². The van der Waals surface area contributed by atoms with Gasteiger partial charge in [0.05, 0.1) is 24.5 Å². The van der Waals surface area contributed by atoms with Gasteiger partial charge in [-0.3, -0.25) is 4.79 Å². The summed E-state index contributed by atoms with van der Waals surface area (Å²) in [6.45, 7) is 3.32. The van der Waals surface area contributed by atoms with E-state index in [9.17, 15) is 14.7 Å². The van der Waals surface area contributed by atoms with Gasteiger partial charge in [0.2, 0.25) is 0 Å². The van der Waals surface area contributed by atoms with Crippen LogP contribution in [-0.2, 0) is 9.47 Å². The Morgan fingerprint density at radius 3 is 2.69 bits per heavy atom. The summed E-state index contributed by atoms with van der Waals surface area (Å²) in [5, 5.41) is 10.1. The molecule has 1 aliphatic carbocycles. The van der Waals surface area contributed by atoms with Crippen LogP contribution in [0.15, 0.2) is 18.3 Å². The third kappa shape index (κ3) is 2.62. The Kier molecular flexibility index (Phi) is 4.28. The van der Waals surface area contributed by atoms with Gasteiger partial charge in [0.1, 0.15) is 5.65 Å². The number of carboxylic acid groups (broad SMARTS) is 1. The second-order valence-electron chi connectivity index (χ2n) is 7.11. The van der Waals surface area contributed by atoms with Gasteiger partial charge in [-0.2, -0.15) is 0 Å². The zero-order valence-electron chi connectivity index (χ0n) is 14.7. The number of nitrogens with zero attached hydrogens (tertiary/aromatic N) is 2. The number of hydrogen-bond acceptors (Lipinski definition) is 5. The Bertz CT molecular complexity index is 843. The van der Waals surface area contributed by atoms with Crippen molar-refractivity contribution in [3.63, 3.8) is 0 Å². The van der Waals surface area contributed by atoms with Crippen LogP contribution >= 0.6 is 0 Å². The Morgan fingerprint density at radius 2 is 2.08 bits per heavy atom. The number of fused-ring (bicyclic) bond motifs is 1. The standard InChI is InChI=1S/C19H22N2O5/c1-12(13-4-6-19(7-5-13)25-9-10-26-19)21-15(11-22)16(18(23)24)14-3-2-8-20-17(14)21/h2-3,8,11-13H,4-7,9-10H2,1H3,(H,23,24). The molecule has 0 bridgehead atoms. The summed E-state index contributed by atoms with van der Waals surface area (Å²) in [5.74, 6) is -1.25. The van der Waals surface area contributed by atoms with Gasteiger partial charge in [-0.05, 0) is 37.8 Å². The van der Waals surface area contributed by atoms with Gasteiger partial charge < -0.3 is 19.1 Å². The molecule has 1 N–H and O–H groups in total. The highest BCUT2D eigenvalue weighted by molar-refractivity contribution is 6.09. The molecule has 0 radical (unpaired) electrons. The van der Waals surface area contributed by atoms with Crippen LogP contribution in [0.4, 0.5) is 0 Å². The molecule has 1 atom stereocenters. The summed E-state index contributed by atoms with van der Waals surface area (Å²) < 4.78 is 13.4. The number of aromatic carboxylic acids is 1. The lowest BCUT2D eigenvalue weighted by Gasteiger charge is -2.38. The van der Waals surface area contributed by atoms with Crippen molar-refractivity contribution in [1.29, 1.82) is 0 Å². The fourth-order valence-corrected chi connectivity index (χ4v) is 4.47. The van der Waals surface area contributed by atoms with Gasteiger partial charge >= 0.3 is 5.97 Å². The summed E-state index contributed by atoms with van der Waals surface area (Å²) in [4.78, 5) is 27.9. The van der Waals surface area contributed by atoms with Crippen LogP contribution < -0.4 is 0 Å². The molecular weight excluding hydrogens is 336 g/mol. The van der Waals surface area contributed by atoms with Crippen molar-refractivity contribution in [2.75, 3.05) is 13.2 Å². The number of carbonyl (C=O) groups excluding carboxylic acids is 1. The molecule has 0 amide bonds. The van der Waals surface area contributed by atoms with E-state index < -0.39 is 11.8 Å². The minimum atomic E-state index is -1.11. The Labute approximate surface area is 150 Å². The maximum atomic E-state index is 11.8. The first kappa shape index (κ1) is 17.2. The molecule has 2 fully saturated rings. The number of carbonyl (C=O) groups is 2. The molecule has 1 saturated carbocycles. The van der Waals surface area contributed by atoms with Crippen LogP contribution in [0.25, 0.3) is 11.0 Å². The average molecular weight is 358 g/mol. The minimum absolute atomic E-state index is 0.0321. The van der Waals surface area contributed by atoms with Gasteiger partial charge in [-0.15, -0.1) is 0 Å². The molecule has 138 valence electrons. The maximum Gasteiger partial charge on any atom is 0.338 e. The molecule has 2 aromatic heterocycles. The summed E-state index contributed by atoms with van der Waals surface area (Å²) in [7, 11) is 0. The van der Waals surface area contributed by atoms with E-state index in [-0.39, 0.29) is 17.3 Å². The fourth-order valence-electron chi connectivity index (χ4n) is 4.47. The average Bonchev–Trinajstić information content (AvgIpc) is 3.23. The zero-order valence-corrected chi connectivity index (χ0v) is 14.7. The van der Waals surface area contributed by atoms with E-state index in [1.54, 1.807) is 22.9 Å². The normalized spacial score (nSPS) is 21.3. The number of aromatic nitrogens is 2. The summed E-state index contributed by atoms with van der Waals surface area (Å²) in [5.41, 5.74) is 0.769. The van der Waals surface area contributed by atoms with E-state index >= 15 is 0 Å². The van der Waals surface area contributed by atoms with Crippen molar-refractivity contribution in [2.24, 2.45) is 5.92 Å². The summed E-state index contributed by atoms with van der Waals surface area (Å²) >= 11 is 0. The number of aldehydes is 1. The van der Waals surface area contributed by atoms with Gasteiger partial charge in [-0.25, -0.2) is 9.78 Å². The molecule has 0 aromatic carbocycles. The first-order chi connectivity index (χ1) is 12.6. The first-order valence-electron chi connectivity index (χ1n) is 9.01. The van der Waals surface area contributed by atoms with E-state index in [1.807, 2.05) is 6.92 Å². The molecule has 4 rings (SSSR count). The quantitative estimate of drug-likeness (QED) is 0.845. The molecule has 7 nitrogen and oxygen atoms in total. The highest BCUT2D eigenvalue weighted by atomic mass is 16.7. The van der Waals surface area contributed by atoms with Crippen molar-refractivity contribution in [2.45, 2.75) is 44.4 Å². The lowest BCUT2D eigenvalue weighted by molar-refractivity contribution is -0.184. The zero-order chi connectivity index (χ0) is 18.3. The highest BCUT2D eigenvalue weighted by Gasteiger charge is 2.42. The van der Waals surface area contributed by atoms with Gasteiger partial charge in [0.15, 0.2) is 12.1 Å². The van der Waals surface area contributed by atoms with Crippen molar-refractivity contribution in [3.05, 3.63) is 29.6 Å². The van der Waals surface area contributed by atoms with Gasteiger partial charge in [0.25, 0.3) is 0 Å². The van der Waals surface area contributed by atoms with Crippen LogP contribution in [-0.4, -0.2) is 45.9 Å². The molecule has 2 aromatic rings. The summed E-state index contributed by atoms with van der Waals surface area (Å²) in [6, 6.07) is 3.36. The van der Waals surface area contributed by atoms with Crippen LogP contribution in [0, 0.1) is 5.92 Å².